The third-order valence-electron chi connectivity index (χ3n) is 5.88. The van der Waals surface area contributed by atoms with Crippen molar-refractivity contribution in [2.24, 2.45) is 0 Å². The molecule has 1 aromatic rings. The molecule has 0 aromatic carbocycles. The van der Waals surface area contributed by atoms with Gasteiger partial charge in [0.05, 0.1) is 32.2 Å². The Morgan fingerprint density at radius 1 is 1.08 bits per heavy atom. The number of quaternary nitrogens is 1. The van der Waals surface area contributed by atoms with Crippen molar-refractivity contribution in [3.05, 3.63) is 22.5 Å². The monoisotopic (exact) mass is 332 g/mol. The second-order valence-corrected chi connectivity index (χ2v) is 7.47. The molecule has 2 heterocycles. The summed E-state index contributed by atoms with van der Waals surface area (Å²) in [6.07, 6.45) is 6.82. The van der Waals surface area contributed by atoms with Crippen LogP contribution < -0.4 is 4.90 Å². The fourth-order valence-corrected chi connectivity index (χ4v) is 4.57. The molecule has 2 aliphatic rings. The van der Waals surface area contributed by atoms with Crippen molar-refractivity contribution in [2.75, 3.05) is 26.2 Å². The Bertz CT molecular complexity index is 621. The van der Waals surface area contributed by atoms with Crippen LogP contribution in [0.3, 0.4) is 0 Å². The van der Waals surface area contributed by atoms with Gasteiger partial charge in [0.1, 0.15) is 5.69 Å². The van der Waals surface area contributed by atoms with Crippen molar-refractivity contribution in [1.82, 2.24) is 9.88 Å². The Kier molecular flexibility index (Phi) is 5.09. The number of aromatic amines is 1. The lowest BCUT2D eigenvalue weighted by atomic mass is 9.94. The average Bonchev–Trinajstić information content (AvgIpc) is 2.89. The minimum atomic E-state index is 0.0202. The number of hydrogen-bond acceptors (Lipinski definition) is 2. The number of H-pyrrole nitrogens is 1. The van der Waals surface area contributed by atoms with Gasteiger partial charge in [-0.15, -0.1) is 0 Å². The number of nitrogens with zero attached hydrogens (tertiary/aromatic N) is 1. The number of hydrogen-bond donors (Lipinski definition) is 2. The lowest BCUT2D eigenvalue weighted by molar-refractivity contribution is -0.930. The van der Waals surface area contributed by atoms with Gasteiger partial charge in [-0.1, -0.05) is 6.42 Å². The Labute approximate surface area is 144 Å². The fourth-order valence-electron chi connectivity index (χ4n) is 4.57. The summed E-state index contributed by atoms with van der Waals surface area (Å²) in [5, 5.41) is 0. The van der Waals surface area contributed by atoms with Crippen molar-refractivity contribution < 1.29 is 14.5 Å². The molecule has 1 saturated heterocycles. The first-order valence-electron chi connectivity index (χ1n) is 9.33. The number of ketones is 1. The zero-order valence-corrected chi connectivity index (χ0v) is 15.2. The molecular weight excluding hydrogens is 302 g/mol. The summed E-state index contributed by atoms with van der Waals surface area (Å²) in [6, 6.07) is 0.801. The SMILES string of the molecule is CC(=O)c1c(C)[nH]c(C(=O)N2CC[NH+](C3CCCCC3)CC2)c1C. The van der Waals surface area contributed by atoms with E-state index >= 15 is 0 Å². The Morgan fingerprint density at radius 3 is 2.25 bits per heavy atom. The van der Waals surface area contributed by atoms with Crippen LogP contribution in [0, 0.1) is 13.8 Å². The molecule has 3 rings (SSSR count). The van der Waals surface area contributed by atoms with Crippen LogP contribution in [0.4, 0.5) is 0 Å². The van der Waals surface area contributed by atoms with E-state index in [4.69, 9.17) is 0 Å². The molecule has 0 atom stereocenters. The highest BCUT2D eigenvalue weighted by atomic mass is 16.2. The van der Waals surface area contributed by atoms with Crippen LogP contribution in [-0.4, -0.2) is 53.8 Å². The average molecular weight is 332 g/mol. The normalized spacial score (nSPS) is 20.4. The summed E-state index contributed by atoms with van der Waals surface area (Å²) in [7, 11) is 0. The number of rotatable bonds is 3. The third kappa shape index (κ3) is 3.27. The highest BCUT2D eigenvalue weighted by Crippen LogP contribution is 2.20. The van der Waals surface area contributed by atoms with E-state index in [0.717, 1.165) is 43.5 Å². The third-order valence-corrected chi connectivity index (χ3v) is 5.88. The number of piperazine rings is 1. The fraction of sp³-hybridized carbons (Fsp3) is 0.684. The number of nitrogens with one attached hydrogen (secondary N) is 2. The molecular formula is C19H30N3O2+. The Morgan fingerprint density at radius 2 is 1.71 bits per heavy atom. The lowest BCUT2D eigenvalue weighted by Crippen LogP contribution is -3.18. The molecule has 2 fully saturated rings. The first-order chi connectivity index (χ1) is 11.5. The maximum absolute atomic E-state index is 12.9. The molecule has 0 bridgehead atoms. The maximum atomic E-state index is 12.9. The van der Waals surface area contributed by atoms with Gasteiger partial charge in [-0.05, 0) is 52.0 Å². The van der Waals surface area contributed by atoms with E-state index in [-0.39, 0.29) is 11.7 Å². The largest absolute Gasteiger partial charge is 0.354 e. The molecule has 1 amide bonds. The summed E-state index contributed by atoms with van der Waals surface area (Å²) < 4.78 is 0. The van der Waals surface area contributed by atoms with Crippen molar-refractivity contribution in [2.45, 2.75) is 58.9 Å². The minimum absolute atomic E-state index is 0.0202. The molecule has 0 unspecified atom stereocenters. The summed E-state index contributed by atoms with van der Waals surface area (Å²) in [4.78, 5) is 31.4. The highest BCUT2D eigenvalue weighted by Gasteiger charge is 2.32. The van der Waals surface area contributed by atoms with Crippen molar-refractivity contribution in [3.8, 4) is 0 Å². The van der Waals surface area contributed by atoms with E-state index in [1.54, 1.807) is 11.8 Å². The van der Waals surface area contributed by atoms with Gasteiger partial charge in [0.2, 0.25) is 0 Å². The van der Waals surface area contributed by atoms with Crippen LogP contribution in [-0.2, 0) is 0 Å². The van der Waals surface area contributed by atoms with E-state index in [0.29, 0.717) is 11.3 Å². The molecule has 1 aromatic heterocycles. The number of aryl methyl sites for hydroxylation is 1. The number of carbonyl (C=O) groups is 2. The standard InChI is InChI=1S/C19H29N3O2/c1-13-17(15(3)23)14(2)20-18(13)19(24)22-11-9-21(10-12-22)16-7-5-4-6-8-16/h16,20H,4-12H2,1-3H3/p+1. The second kappa shape index (κ2) is 7.09. The zero-order chi connectivity index (χ0) is 17.3. The molecule has 132 valence electrons. The topological polar surface area (TPSA) is 57.6 Å². The van der Waals surface area contributed by atoms with Crippen LogP contribution in [0.25, 0.3) is 0 Å². The molecule has 5 heteroatoms. The zero-order valence-electron chi connectivity index (χ0n) is 15.2. The Balaban J connectivity index is 1.65. The predicted molar refractivity (Wildman–Crippen MR) is 93.7 cm³/mol. The van der Waals surface area contributed by atoms with Crippen LogP contribution >= 0.6 is 0 Å². The summed E-state index contributed by atoms with van der Waals surface area (Å²) in [5.74, 6) is 0.0673. The molecule has 0 spiro atoms. The van der Waals surface area contributed by atoms with Gasteiger partial charge >= 0.3 is 0 Å². The molecule has 1 aliphatic heterocycles. The van der Waals surface area contributed by atoms with Gasteiger partial charge < -0.3 is 14.8 Å². The molecule has 5 nitrogen and oxygen atoms in total. The van der Waals surface area contributed by atoms with E-state index < -0.39 is 0 Å². The van der Waals surface area contributed by atoms with E-state index in [1.807, 2.05) is 18.7 Å². The summed E-state index contributed by atoms with van der Waals surface area (Å²) in [6.45, 7) is 9.03. The maximum Gasteiger partial charge on any atom is 0.270 e. The highest BCUT2D eigenvalue weighted by molar-refractivity contribution is 6.02. The first-order valence-corrected chi connectivity index (χ1v) is 9.33. The quantitative estimate of drug-likeness (QED) is 0.825. The Hall–Kier alpha value is -1.62. The van der Waals surface area contributed by atoms with Gasteiger partial charge in [0, 0.05) is 11.3 Å². The second-order valence-electron chi connectivity index (χ2n) is 7.47. The minimum Gasteiger partial charge on any atom is -0.354 e. The van der Waals surface area contributed by atoms with Gasteiger partial charge in [-0.2, -0.15) is 0 Å². The van der Waals surface area contributed by atoms with Gasteiger partial charge in [0.25, 0.3) is 5.91 Å². The number of aromatic nitrogens is 1. The summed E-state index contributed by atoms with van der Waals surface area (Å²) >= 11 is 0. The van der Waals surface area contributed by atoms with E-state index in [2.05, 4.69) is 4.98 Å². The molecule has 2 N–H and O–H groups in total. The van der Waals surface area contributed by atoms with Gasteiger partial charge in [-0.3, -0.25) is 9.59 Å². The number of Topliss-reactive ketones (excluding diaryl/α,β-unsaturated/α-hetero) is 1. The summed E-state index contributed by atoms with van der Waals surface area (Å²) in [5.41, 5.74) is 2.87. The van der Waals surface area contributed by atoms with E-state index in [1.165, 1.54) is 32.1 Å². The smallest absolute Gasteiger partial charge is 0.270 e. The van der Waals surface area contributed by atoms with Crippen LogP contribution in [0.5, 0.6) is 0 Å². The molecule has 1 saturated carbocycles. The van der Waals surface area contributed by atoms with Crippen molar-refractivity contribution in [1.29, 1.82) is 0 Å². The number of carbonyl (C=O) groups excluding carboxylic acids is 2. The van der Waals surface area contributed by atoms with E-state index in [9.17, 15) is 9.59 Å². The predicted octanol–water partition coefficient (Wildman–Crippen LogP) is 1.51. The molecule has 24 heavy (non-hydrogen) atoms. The number of amides is 1. The van der Waals surface area contributed by atoms with Gasteiger partial charge in [0.15, 0.2) is 5.78 Å². The van der Waals surface area contributed by atoms with Crippen molar-refractivity contribution in [3.63, 3.8) is 0 Å². The lowest BCUT2D eigenvalue weighted by Gasteiger charge is -2.38. The van der Waals surface area contributed by atoms with Crippen molar-refractivity contribution >= 4 is 11.7 Å². The van der Waals surface area contributed by atoms with Crippen LogP contribution in [0.1, 0.15) is 71.1 Å². The van der Waals surface area contributed by atoms with Crippen LogP contribution in [0.2, 0.25) is 0 Å². The molecule has 1 aliphatic carbocycles. The van der Waals surface area contributed by atoms with Crippen LogP contribution in [0.15, 0.2) is 0 Å². The first kappa shape index (κ1) is 17.2. The molecule has 0 radical (unpaired) electrons. The van der Waals surface area contributed by atoms with Gasteiger partial charge in [-0.25, -0.2) is 0 Å².